The number of H-pyrrole nitrogens is 1. The van der Waals surface area contributed by atoms with E-state index in [0.29, 0.717) is 5.75 Å². The molecule has 28 heavy (non-hydrogen) atoms. The van der Waals surface area contributed by atoms with Crippen LogP contribution in [0.15, 0.2) is 24.4 Å². The van der Waals surface area contributed by atoms with Gasteiger partial charge in [0, 0.05) is 29.7 Å². The van der Waals surface area contributed by atoms with Gasteiger partial charge >= 0.3 is 0 Å². The summed E-state index contributed by atoms with van der Waals surface area (Å²) in [6.07, 6.45) is -0.892. The second-order valence-corrected chi connectivity index (χ2v) is 7.64. The average Bonchev–Trinajstić information content (AvgIpc) is 3.36. The molecule has 2 saturated heterocycles. The van der Waals surface area contributed by atoms with Crippen LogP contribution >= 0.6 is 0 Å². The van der Waals surface area contributed by atoms with Crippen LogP contribution in [0.3, 0.4) is 0 Å². The number of likely N-dealkylation sites (tertiary alicyclic amines) is 1. The number of rotatable bonds is 6. The summed E-state index contributed by atoms with van der Waals surface area (Å²) in [5.41, 5.74) is 2.17. The Morgan fingerprint density at radius 1 is 1.11 bits per heavy atom. The summed E-state index contributed by atoms with van der Waals surface area (Å²) in [6.45, 7) is 2.93. The smallest absolute Gasteiger partial charge is 0.229 e. The maximum absolute atomic E-state index is 10.1. The Balaban J connectivity index is 1.44. The normalized spacial score (nSPS) is 31.5. The predicted octanol–water partition coefficient (Wildman–Crippen LogP) is -0.0151. The lowest BCUT2D eigenvalue weighted by molar-refractivity contribution is -0.277. The molecule has 0 saturated carbocycles. The predicted molar refractivity (Wildman–Crippen MR) is 102 cm³/mol. The van der Waals surface area contributed by atoms with Crippen LogP contribution in [0.2, 0.25) is 0 Å². The maximum atomic E-state index is 10.1. The van der Waals surface area contributed by atoms with E-state index in [0.717, 1.165) is 23.9 Å². The molecule has 0 spiro atoms. The van der Waals surface area contributed by atoms with Crippen LogP contribution in [0.5, 0.6) is 5.75 Å². The van der Waals surface area contributed by atoms with Gasteiger partial charge in [-0.2, -0.15) is 0 Å². The number of aromatic nitrogens is 1. The number of aliphatic hydroxyl groups is 4. The second-order valence-electron chi connectivity index (χ2n) is 7.64. The summed E-state index contributed by atoms with van der Waals surface area (Å²) in [5, 5.41) is 40.3. The molecule has 2 aliphatic heterocycles. The molecule has 2 aliphatic rings. The number of nitrogens with one attached hydrogen (secondary N) is 1. The molecule has 5 unspecified atom stereocenters. The molecule has 0 aliphatic carbocycles. The van der Waals surface area contributed by atoms with Crippen LogP contribution < -0.4 is 4.74 Å². The van der Waals surface area contributed by atoms with E-state index in [4.69, 9.17) is 9.47 Å². The quantitative estimate of drug-likeness (QED) is 0.469. The average molecular weight is 392 g/mol. The number of ether oxygens (including phenoxy) is 2. The number of aromatic amines is 1. The highest BCUT2D eigenvalue weighted by atomic mass is 16.7. The van der Waals surface area contributed by atoms with Crippen molar-refractivity contribution in [2.75, 3.05) is 26.2 Å². The van der Waals surface area contributed by atoms with Crippen molar-refractivity contribution in [3.63, 3.8) is 0 Å². The number of hydrogen-bond donors (Lipinski definition) is 5. The Morgan fingerprint density at radius 3 is 2.64 bits per heavy atom. The van der Waals surface area contributed by atoms with Crippen LogP contribution in [0.1, 0.15) is 18.4 Å². The Hall–Kier alpha value is -1.68. The van der Waals surface area contributed by atoms with Crippen molar-refractivity contribution in [2.45, 2.75) is 50.0 Å². The van der Waals surface area contributed by atoms with Crippen molar-refractivity contribution in [3.05, 3.63) is 30.0 Å². The first-order valence-corrected chi connectivity index (χ1v) is 9.86. The van der Waals surface area contributed by atoms with Crippen LogP contribution in [0.4, 0.5) is 0 Å². The molecule has 5 N–H and O–H groups in total. The molecule has 0 radical (unpaired) electrons. The molecule has 1 aromatic heterocycles. The van der Waals surface area contributed by atoms with Gasteiger partial charge in [0.15, 0.2) is 0 Å². The lowest BCUT2D eigenvalue weighted by atomic mass is 9.99. The van der Waals surface area contributed by atoms with Crippen LogP contribution in [0.25, 0.3) is 10.9 Å². The molecule has 2 fully saturated rings. The van der Waals surface area contributed by atoms with E-state index in [1.807, 2.05) is 18.3 Å². The van der Waals surface area contributed by atoms with E-state index >= 15 is 0 Å². The summed E-state index contributed by atoms with van der Waals surface area (Å²) >= 11 is 0. The molecule has 5 atom stereocenters. The van der Waals surface area contributed by atoms with Gasteiger partial charge in [0.1, 0.15) is 30.2 Å². The Kier molecular flexibility index (Phi) is 5.86. The third kappa shape index (κ3) is 3.89. The van der Waals surface area contributed by atoms with E-state index in [9.17, 15) is 20.4 Å². The fourth-order valence-electron chi connectivity index (χ4n) is 4.03. The van der Waals surface area contributed by atoms with Gasteiger partial charge in [0.05, 0.1) is 6.61 Å². The lowest BCUT2D eigenvalue weighted by Gasteiger charge is -2.39. The van der Waals surface area contributed by atoms with Gasteiger partial charge < -0.3 is 39.8 Å². The molecule has 3 heterocycles. The summed E-state index contributed by atoms with van der Waals surface area (Å²) in [7, 11) is 0. The molecule has 4 rings (SSSR count). The number of benzene rings is 1. The first kappa shape index (κ1) is 19.6. The zero-order valence-electron chi connectivity index (χ0n) is 15.7. The number of aliphatic hydroxyl groups excluding tert-OH is 4. The minimum absolute atomic E-state index is 0.463. The highest BCUT2D eigenvalue weighted by molar-refractivity contribution is 5.84. The van der Waals surface area contributed by atoms with Crippen molar-refractivity contribution < 1.29 is 29.9 Å². The van der Waals surface area contributed by atoms with E-state index in [-0.39, 0.29) is 0 Å². The summed E-state index contributed by atoms with van der Waals surface area (Å²) in [5.74, 6) is 0.463. The number of nitrogens with zero attached hydrogens (tertiary/aromatic N) is 1. The van der Waals surface area contributed by atoms with Crippen molar-refractivity contribution in [1.82, 2.24) is 9.88 Å². The molecule has 8 heteroatoms. The minimum atomic E-state index is -1.46. The third-order valence-electron chi connectivity index (χ3n) is 5.74. The second kappa shape index (κ2) is 8.36. The minimum Gasteiger partial charge on any atom is -0.462 e. The molecule has 0 bridgehead atoms. The van der Waals surface area contributed by atoms with E-state index < -0.39 is 37.3 Å². The topological polar surface area (TPSA) is 118 Å². The fraction of sp³-hybridized carbons (Fsp3) is 0.600. The van der Waals surface area contributed by atoms with Gasteiger partial charge in [0.2, 0.25) is 6.29 Å². The van der Waals surface area contributed by atoms with Crippen molar-refractivity contribution in [3.8, 4) is 5.75 Å². The zero-order chi connectivity index (χ0) is 19.7. The molecule has 2 aromatic rings. The van der Waals surface area contributed by atoms with Crippen molar-refractivity contribution in [1.29, 1.82) is 0 Å². The SMILES string of the molecule is OCC1OC(Oc2ccc3c(CCN4CCCC4)c[nH]c3c2)C(O)C(O)C1O. The summed E-state index contributed by atoms with van der Waals surface area (Å²) in [6, 6.07) is 5.57. The third-order valence-corrected chi connectivity index (χ3v) is 5.74. The Bertz CT molecular complexity index is 788. The highest BCUT2D eigenvalue weighted by Crippen LogP contribution is 2.28. The van der Waals surface area contributed by atoms with E-state index in [2.05, 4.69) is 9.88 Å². The molecule has 154 valence electrons. The monoisotopic (exact) mass is 392 g/mol. The Morgan fingerprint density at radius 2 is 1.89 bits per heavy atom. The molecular weight excluding hydrogens is 364 g/mol. The van der Waals surface area contributed by atoms with Gasteiger partial charge in [-0.1, -0.05) is 0 Å². The first-order valence-electron chi connectivity index (χ1n) is 9.86. The fourth-order valence-corrected chi connectivity index (χ4v) is 4.03. The maximum Gasteiger partial charge on any atom is 0.229 e. The lowest BCUT2D eigenvalue weighted by Crippen LogP contribution is -2.60. The number of fused-ring (bicyclic) bond motifs is 1. The Labute approximate surface area is 163 Å². The zero-order valence-corrected chi connectivity index (χ0v) is 15.7. The van der Waals surface area contributed by atoms with Crippen molar-refractivity contribution in [2.24, 2.45) is 0 Å². The van der Waals surface area contributed by atoms with E-state index in [1.54, 1.807) is 6.07 Å². The molecule has 0 amide bonds. The molecular formula is C20H28N2O6. The number of hydrogen-bond acceptors (Lipinski definition) is 7. The largest absolute Gasteiger partial charge is 0.462 e. The summed E-state index contributed by atoms with van der Waals surface area (Å²) in [4.78, 5) is 5.74. The van der Waals surface area contributed by atoms with Gasteiger partial charge in [-0.3, -0.25) is 0 Å². The van der Waals surface area contributed by atoms with Gasteiger partial charge in [-0.05, 0) is 50.0 Å². The van der Waals surface area contributed by atoms with Crippen LogP contribution in [-0.4, -0.2) is 87.3 Å². The van der Waals surface area contributed by atoms with Crippen molar-refractivity contribution >= 4 is 10.9 Å². The summed E-state index contributed by atoms with van der Waals surface area (Å²) < 4.78 is 11.1. The molecule has 8 nitrogen and oxygen atoms in total. The van der Waals surface area contributed by atoms with Crippen LogP contribution in [0, 0.1) is 0 Å². The van der Waals surface area contributed by atoms with Gasteiger partial charge in [-0.25, -0.2) is 0 Å². The van der Waals surface area contributed by atoms with Gasteiger partial charge in [-0.15, -0.1) is 0 Å². The van der Waals surface area contributed by atoms with E-state index in [1.165, 1.54) is 31.5 Å². The highest BCUT2D eigenvalue weighted by Gasteiger charge is 2.44. The standard InChI is InChI=1S/C20H28N2O6/c23-11-16-17(24)18(25)19(26)20(28-16)27-13-3-4-14-12(10-21-15(14)9-13)5-8-22-6-1-2-7-22/h3-4,9-10,16-21,23-26H,1-2,5-8,11H2. The first-order chi connectivity index (χ1) is 13.6. The van der Waals surface area contributed by atoms with Crippen LogP contribution in [-0.2, 0) is 11.2 Å². The molecule has 1 aromatic carbocycles. The van der Waals surface area contributed by atoms with Gasteiger partial charge in [0.25, 0.3) is 0 Å².